The molecular weight excluding hydrogens is 190 g/mol. The normalized spacial score (nSPS) is 14.5. The number of allylic oxidation sites excluding steroid dienone is 1. The smallest absolute Gasteiger partial charge is 0.320 e. The van der Waals surface area contributed by atoms with Crippen LogP contribution in [0, 0.1) is 0 Å². The zero-order chi connectivity index (χ0) is 11.7. The molecule has 0 saturated heterocycles. The van der Waals surface area contributed by atoms with E-state index < -0.39 is 12.0 Å². The fraction of sp³-hybridized carbons (Fsp3) is 0.750. The van der Waals surface area contributed by atoms with Gasteiger partial charge >= 0.3 is 5.97 Å². The van der Waals surface area contributed by atoms with Crippen LogP contribution in [0.3, 0.4) is 0 Å². The number of carbonyl (C=O) groups is 1. The van der Waals surface area contributed by atoms with Crippen molar-refractivity contribution in [1.29, 1.82) is 0 Å². The summed E-state index contributed by atoms with van der Waals surface area (Å²) in [6, 6.07) is -0.173. The van der Waals surface area contributed by atoms with E-state index in [0.717, 1.165) is 19.3 Å². The molecule has 0 saturated carbocycles. The van der Waals surface area contributed by atoms with E-state index in [4.69, 9.17) is 5.11 Å². The van der Waals surface area contributed by atoms with Crippen LogP contribution in [-0.4, -0.2) is 23.2 Å². The number of unbranched alkanes of at least 4 members (excludes halogenated alkanes) is 3. The van der Waals surface area contributed by atoms with Crippen LogP contribution in [0.4, 0.5) is 0 Å². The van der Waals surface area contributed by atoms with Gasteiger partial charge in [-0.15, -0.1) is 6.58 Å². The standard InChI is InChI=1S/C12H23NO2/c1-4-5-6-7-8-9-10(2)13-11(3)12(14)15/h4,10-11,13H,1,5-9H2,2-3H3,(H,14,15)/t10?,11-/m1/s1. The van der Waals surface area contributed by atoms with Gasteiger partial charge in [-0.1, -0.05) is 18.9 Å². The second kappa shape index (κ2) is 8.48. The van der Waals surface area contributed by atoms with Gasteiger partial charge in [-0.2, -0.15) is 0 Å². The summed E-state index contributed by atoms with van der Waals surface area (Å²) >= 11 is 0. The highest BCUT2D eigenvalue weighted by molar-refractivity contribution is 5.72. The molecule has 0 rings (SSSR count). The summed E-state index contributed by atoms with van der Waals surface area (Å²) in [7, 11) is 0. The number of carboxylic acid groups (broad SMARTS) is 1. The van der Waals surface area contributed by atoms with Crippen molar-refractivity contribution >= 4 is 5.97 Å². The molecule has 2 N–H and O–H groups in total. The van der Waals surface area contributed by atoms with Crippen molar-refractivity contribution in [3.05, 3.63) is 12.7 Å². The Labute approximate surface area is 92.6 Å². The van der Waals surface area contributed by atoms with Gasteiger partial charge in [0.15, 0.2) is 0 Å². The van der Waals surface area contributed by atoms with Crippen molar-refractivity contribution in [3.63, 3.8) is 0 Å². The molecule has 0 aromatic heterocycles. The monoisotopic (exact) mass is 213 g/mol. The fourth-order valence-corrected chi connectivity index (χ4v) is 1.50. The molecule has 0 heterocycles. The molecule has 15 heavy (non-hydrogen) atoms. The van der Waals surface area contributed by atoms with E-state index in [2.05, 4.69) is 11.9 Å². The van der Waals surface area contributed by atoms with E-state index in [0.29, 0.717) is 0 Å². The molecule has 0 bridgehead atoms. The van der Waals surface area contributed by atoms with Gasteiger partial charge in [0.05, 0.1) is 0 Å². The molecule has 3 nitrogen and oxygen atoms in total. The van der Waals surface area contributed by atoms with Crippen LogP contribution >= 0.6 is 0 Å². The van der Waals surface area contributed by atoms with E-state index in [-0.39, 0.29) is 6.04 Å². The first-order valence-corrected chi connectivity index (χ1v) is 5.67. The third-order valence-corrected chi connectivity index (χ3v) is 2.45. The zero-order valence-corrected chi connectivity index (χ0v) is 9.83. The van der Waals surface area contributed by atoms with Gasteiger partial charge in [-0.3, -0.25) is 4.79 Å². The van der Waals surface area contributed by atoms with Gasteiger partial charge in [-0.25, -0.2) is 0 Å². The van der Waals surface area contributed by atoms with Crippen LogP contribution in [0.1, 0.15) is 46.0 Å². The second-order valence-corrected chi connectivity index (χ2v) is 4.05. The lowest BCUT2D eigenvalue weighted by Crippen LogP contribution is -2.39. The number of aliphatic carboxylic acids is 1. The van der Waals surface area contributed by atoms with Crippen LogP contribution in [0.15, 0.2) is 12.7 Å². The SMILES string of the molecule is C=CCCCCCC(C)N[C@H](C)C(=O)O. The summed E-state index contributed by atoms with van der Waals surface area (Å²) < 4.78 is 0. The topological polar surface area (TPSA) is 49.3 Å². The largest absolute Gasteiger partial charge is 0.480 e. The molecule has 0 aromatic rings. The Morgan fingerprint density at radius 1 is 1.40 bits per heavy atom. The molecule has 3 heteroatoms. The molecule has 0 aliphatic heterocycles. The van der Waals surface area contributed by atoms with E-state index in [1.54, 1.807) is 6.92 Å². The third-order valence-electron chi connectivity index (χ3n) is 2.45. The maximum absolute atomic E-state index is 10.6. The Bertz CT molecular complexity index is 192. The van der Waals surface area contributed by atoms with Gasteiger partial charge in [-0.05, 0) is 33.1 Å². The Morgan fingerprint density at radius 3 is 2.60 bits per heavy atom. The van der Waals surface area contributed by atoms with Crippen molar-refractivity contribution in [1.82, 2.24) is 5.32 Å². The number of hydrogen-bond donors (Lipinski definition) is 2. The maximum atomic E-state index is 10.6. The molecule has 0 aliphatic rings. The molecule has 0 amide bonds. The quantitative estimate of drug-likeness (QED) is 0.457. The van der Waals surface area contributed by atoms with Crippen LogP contribution < -0.4 is 5.32 Å². The van der Waals surface area contributed by atoms with Crippen molar-refractivity contribution in [2.45, 2.75) is 58.0 Å². The summed E-state index contributed by atoms with van der Waals surface area (Å²) in [6.45, 7) is 7.39. The summed E-state index contributed by atoms with van der Waals surface area (Å²) in [5.74, 6) is -0.784. The molecule has 0 spiro atoms. The van der Waals surface area contributed by atoms with E-state index in [1.807, 2.05) is 13.0 Å². The highest BCUT2D eigenvalue weighted by atomic mass is 16.4. The van der Waals surface area contributed by atoms with Crippen molar-refractivity contribution in [2.75, 3.05) is 0 Å². The first kappa shape index (κ1) is 14.2. The second-order valence-electron chi connectivity index (χ2n) is 4.05. The summed E-state index contributed by atoms with van der Waals surface area (Å²) in [5.41, 5.74) is 0. The Morgan fingerprint density at radius 2 is 2.07 bits per heavy atom. The fourth-order valence-electron chi connectivity index (χ4n) is 1.50. The number of nitrogens with one attached hydrogen (secondary N) is 1. The van der Waals surface area contributed by atoms with Crippen molar-refractivity contribution in [2.24, 2.45) is 0 Å². The predicted octanol–water partition coefficient (Wildman–Crippen LogP) is 2.57. The Balaban J connectivity index is 3.44. The van der Waals surface area contributed by atoms with Gasteiger partial charge < -0.3 is 10.4 Å². The van der Waals surface area contributed by atoms with Gasteiger partial charge in [0.1, 0.15) is 6.04 Å². The van der Waals surface area contributed by atoms with E-state index in [1.165, 1.54) is 12.8 Å². The van der Waals surface area contributed by atoms with E-state index in [9.17, 15) is 4.79 Å². The Kier molecular flexibility index (Phi) is 8.01. The summed E-state index contributed by atoms with van der Waals surface area (Å²) in [4.78, 5) is 10.6. The summed E-state index contributed by atoms with van der Waals surface area (Å²) in [6.07, 6.45) is 7.58. The molecule has 0 aromatic carbocycles. The van der Waals surface area contributed by atoms with Gasteiger partial charge in [0, 0.05) is 6.04 Å². The highest BCUT2D eigenvalue weighted by Gasteiger charge is 2.12. The third kappa shape index (κ3) is 8.18. The van der Waals surface area contributed by atoms with Crippen LogP contribution in [0.25, 0.3) is 0 Å². The first-order chi connectivity index (χ1) is 7.07. The summed E-state index contributed by atoms with van der Waals surface area (Å²) in [5, 5.41) is 11.7. The molecule has 2 atom stereocenters. The molecule has 0 aliphatic carbocycles. The molecule has 1 unspecified atom stereocenters. The Hall–Kier alpha value is -0.830. The minimum absolute atomic E-state index is 0.278. The van der Waals surface area contributed by atoms with Crippen LogP contribution in [0.5, 0.6) is 0 Å². The minimum atomic E-state index is -0.784. The minimum Gasteiger partial charge on any atom is -0.480 e. The predicted molar refractivity (Wildman–Crippen MR) is 63.0 cm³/mol. The molecular formula is C12H23NO2. The number of rotatable bonds is 9. The zero-order valence-electron chi connectivity index (χ0n) is 9.83. The lowest BCUT2D eigenvalue weighted by Gasteiger charge is -2.16. The van der Waals surface area contributed by atoms with Gasteiger partial charge in [0.2, 0.25) is 0 Å². The van der Waals surface area contributed by atoms with E-state index >= 15 is 0 Å². The van der Waals surface area contributed by atoms with Crippen LogP contribution in [0.2, 0.25) is 0 Å². The molecule has 0 radical (unpaired) electrons. The highest BCUT2D eigenvalue weighted by Crippen LogP contribution is 2.06. The van der Waals surface area contributed by atoms with Crippen molar-refractivity contribution < 1.29 is 9.90 Å². The van der Waals surface area contributed by atoms with Gasteiger partial charge in [0.25, 0.3) is 0 Å². The molecule has 0 fully saturated rings. The first-order valence-electron chi connectivity index (χ1n) is 5.67. The lowest BCUT2D eigenvalue weighted by atomic mass is 10.1. The number of carboxylic acids is 1. The lowest BCUT2D eigenvalue weighted by molar-refractivity contribution is -0.139. The van der Waals surface area contributed by atoms with Crippen molar-refractivity contribution in [3.8, 4) is 0 Å². The van der Waals surface area contributed by atoms with Crippen LogP contribution in [-0.2, 0) is 4.79 Å². The average molecular weight is 213 g/mol. The average Bonchev–Trinajstić information content (AvgIpc) is 2.17. The number of hydrogen-bond acceptors (Lipinski definition) is 2. The molecule has 88 valence electrons. The maximum Gasteiger partial charge on any atom is 0.320 e.